The van der Waals surface area contributed by atoms with E-state index in [0.717, 1.165) is 11.4 Å². The van der Waals surface area contributed by atoms with Crippen molar-refractivity contribution in [2.45, 2.75) is 25.9 Å². The second-order valence-corrected chi connectivity index (χ2v) is 6.85. The molecule has 134 valence electrons. The molecule has 1 aromatic heterocycles. The third-order valence-electron chi connectivity index (χ3n) is 4.19. The number of aromatic nitrogens is 4. The minimum atomic E-state index is 0.0262. The average molecular weight is 367 g/mol. The molecule has 0 bridgehead atoms. The van der Waals surface area contributed by atoms with Crippen LogP contribution in [-0.4, -0.2) is 38.4 Å². The van der Waals surface area contributed by atoms with Crippen molar-refractivity contribution in [2.24, 2.45) is 0 Å². The van der Waals surface area contributed by atoms with Gasteiger partial charge in [0.25, 0.3) is 0 Å². The van der Waals surface area contributed by atoms with E-state index in [9.17, 15) is 4.79 Å². The van der Waals surface area contributed by atoms with Gasteiger partial charge in [0.1, 0.15) is 0 Å². The van der Waals surface area contributed by atoms with Gasteiger partial charge in [0.15, 0.2) is 0 Å². The number of carbonyl (C=O) groups is 1. The molecular formula is C19H21N5OS. The Balaban J connectivity index is 1.73. The molecule has 0 aliphatic heterocycles. The minimum absolute atomic E-state index is 0.0262. The quantitative estimate of drug-likeness (QED) is 0.625. The fourth-order valence-electron chi connectivity index (χ4n) is 2.60. The normalized spacial score (nSPS) is 10.7. The number of benzene rings is 2. The first-order chi connectivity index (χ1) is 12.6. The van der Waals surface area contributed by atoms with Crippen molar-refractivity contribution in [1.82, 2.24) is 20.2 Å². The lowest BCUT2D eigenvalue weighted by molar-refractivity contribution is -0.116. The van der Waals surface area contributed by atoms with Crippen molar-refractivity contribution >= 4 is 23.4 Å². The first-order valence-electron chi connectivity index (χ1n) is 8.44. The van der Waals surface area contributed by atoms with Gasteiger partial charge in [-0.05, 0) is 66.6 Å². The highest BCUT2D eigenvalue weighted by Gasteiger charge is 2.17. The van der Waals surface area contributed by atoms with Gasteiger partial charge in [-0.1, -0.05) is 36.0 Å². The van der Waals surface area contributed by atoms with E-state index in [-0.39, 0.29) is 11.7 Å². The molecule has 7 heteroatoms. The summed E-state index contributed by atoms with van der Waals surface area (Å²) in [5, 5.41) is 12.5. The lowest BCUT2D eigenvalue weighted by Gasteiger charge is -2.20. The Bertz CT molecular complexity index is 894. The van der Waals surface area contributed by atoms with E-state index >= 15 is 0 Å². The lowest BCUT2D eigenvalue weighted by Crippen LogP contribution is -2.32. The zero-order valence-electron chi connectivity index (χ0n) is 15.1. The maximum Gasteiger partial charge on any atom is 0.237 e. The molecule has 1 amide bonds. The zero-order valence-corrected chi connectivity index (χ0v) is 15.9. The van der Waals surface area contributed by atoms with Gasteiger partial charge in [0.2, 0.25) is 11.1 Å². The molecule has 6 nitrogen and oxygen atoms in total. The molecule has 3 aromatic rings. The molecule has 0 unspecified atom stereocenters. The number of rotatable bonds is 6. The van der Waals surface area contributed by atoms with Crippen LogP contribution in [0.2, 0.25) is 0 Å². The molecule has 0 saturated carbocycles. The number of para-hydroxylation sites is 1. The zero-order chi connectivity index (χ0) is 18.5. The van der Waals surface area contributed by atoms with E-state index in [1.807, 2.05) is 55.5 Å². The van der Waals surface area contributed by atoms with Gasteiger partial charge < -0.3 is 4.90 Å². The third-order valence-corrected chi connectivity index (χ3v) is 5.09. The van der Waals surface area contributed by atoms with E-state index in [2.05, 4.69) is 29.4 Å². The van der Waals surface area contributed by atoms with Gasteiger partial charge >= 0.3 is 0 Å². The van der Waals surface area contributed by atoms with Crippen LogP contribution in [0.4, 0.5) is 5.69 Å². The predicted molar refractivity (Wildman–Crippen MR) is 104 cm³/mol. The summed E-state index contributed by atoms with van der Waals surface area (Å²) in [6.07, 6.45) is 0. The first-order valence-corrected chi connectivity index (χ1v) is 9.43. The third kappa shape index (κ3) is 3.94. The van der Waals surface area contributed by atoms with Crippen molar-refractivity contribution < 1.29 is 4.79 Å². The molecule has 0 radical (unpaired) electrons. The number of amides is 1. The molecule has 3 rings (SSSR count). The van der Waals surface area contributed by atoms with Gasteiger partial charge in [0.05, 0.1) is 11.4 Å². The predicted octanol–water partition coefficient (Wildman–Crippen LogP) is 3.42. The molecule has 1 heterocycles. The van der Waals surface area contributed by atoms with Crippen LogP contribution in [0, 0.1) is 13.8 Å². The molecular weight excluding hydrogens is 346 g/mol. The van der Waals surface area contributed by atoms with Crippen LogP contribution >= 0.6 is 11.8 Å². The van der Waals surface area contributed by atoms with Crippen molar-refractivity contribution in [2.75, 3.05) is 17.2 Å². The Labute approximate surface area is 157 Å². The van der Waals surface area contributed by atoms with Crippen molar-refractivity contribution in [3.63, 3.8) is 0 Å². The van der Waals surface area contributed by atoms with Crippen LogP contribution < -0.4 is 4.90 Å². The van der Waals surface area contributed by atoms with Gasteiger partial charge in [-0.2, -0.15) is 4.68 Å². The Kier molecular flexibility index (Phi) is 5.68. The summed E-state index contributed by atoms with van der Waals surface area (Å²) in [6, 6.07) is 15.7. The molecule has 2 aromatic carbocycles. The number of tetrazole rings is 1. The van der Waals surface area contributed by atoms with Crippen molar-refractivity contribution in [1.29, 1.82) is 0 Å². The maximum atomic E-state index is 12.6. The second-order valence-electron chi connectivity index (χ2n) is 5.90. The van der Waals surface area contributed by atoms with Crippen LogP contribution in [0.1, 0.15) is 18.1 Å². The summed E-state index contributed by atoms with van der Waals surface area (Å²) in [5.41, 5.74) is 4.18. The monoisotopic (exact) mass is 367 g/mol. The maximum absolute atomic E-state index is 12.6. The number of hydrogen-bond donors (Lipinski definition) is 0. The SMILES string of the molecule is CCN(C(=O)CSc1nnnn1-c1ccc(C)c(C)c1)c1ccccc1. The topological polar surface area (TPSA) is 63.9 Å². The molecule has 0 aliphatic carbocycles. The number of carbonyl (C=O) groups excluding carboxylic acids is 1. The molecule has 26 heavy (non-hydrogen) atoms. The number of anilines is 1. The summed E-state index contributed by atoms with van der Waals surface area (Å²) in [7, 11) is 0. The average Bonchev–Trinajstić information content (AvgIpc) is 3.12. The van der Waals surface area contributed by atoms with E-state index in [4.69, 9.17) is 0 Å². The van der Waals surface area contributed by atoms with Crippen LogP contribution in [0.15, 0.2) is 53.7 Å². The Morgan fingerprint density at radius 1 is 1.12 bits per heavy atom. The number of nitrogens with zero attached hydrogens (tertiary/aromatic N) is 5. The van der Waals surface area contributed by atoms with Crippen LogP contribution in [0.25, 0.3) is 5.69 Å². The lowest BCUT2D eigenvalue weighted by atomic mass is 10.1. The van der Waals surface area contributed by atoms with Gasteiger partial charge in [-0.15, -0.1) is 5.10 Å². The molecule has 0 saturated heterocycles. The van der Waals surface area contributed by atoms with E-state index < -0.39 is 0 Å². The highest BCUT2D eigenvalue weighted by Crippen LogP contribution is 2.22. The number of aryl methyl sites for hydroxylation is 2. The van der Waals surface area contributed by atoms with Crippen LogP contribution in [-0.2, 0) is 4.79 Å². The Hall–Kier alpha value is -2.67. The highest BCUT2D eigenvalue weighted by atomic mass is 32.2. The van der Waals surface area contributed by atoms with E-state index in [1.54, 1.807) is 9.58 Å². The van der Waals surface area contributed by atoms with Gasteiger partial charge in [0, 0.05) is 12.2 Å². The smallest absolute Gasteiger partial charge is 0.237 e. The van der Waals surface area contributed by atoms with Crippen LogP contribution in [0.5, 0.6) is 0 Å². The van der Waals surface area contributed by atoms with Crippen molar-refractivity contribution in [3.8, 4) is 5.69 Å². The summed E-state index contributed by atoms with van der Waals surface area (Å²) >= 11 is 1.34. The molecule has 0 N–H and O–H groups in total. The highest BCUT2D eigenvalue weighted by molar-refractivity contribution is 7.99. The summed E-state index contributed by atoms with van der Waals surface area (Å²) in [6.45, 7) is 6.70. The van der Waals surface area contributed by atoms with Crippen molar-refractivity contribution in [3.05, 3.63) is 59.7 Å². The van der Waals surface area contributed by atoms with Crippen LogP contribution in [0.3, 0.4) is 0 Å². The number of thioether (sulfide) groups is 1. The molecule has 0 spiro atoms. The second kappa shape index (κ2) is 8.14. The fraction of sp³-hybridized carbons (Fsp3) is 0.263. The number of hydrogen-bond acceptors (Lipinski definition) is 5. The van der Waals surface area contributed by atoms with E-state index in [0.29, 0.717) is 11.7 Å². The molecule has 0 atom stereocenters. The Morgan fingerprint density at radius 2 is 1.88 bits per heavy atom. The Morgan fingerprint density at radius 3 is 2.58 bits per heavy atom. The van der Waals surface area contributed by atoms with E-state index in [1.165, 1.54) is 22.9 Å². The first kappa shape index (κ1) is 18.1. The largest absolute Gasteiger partial charge is 0.312 e. The van der Waals surface area contributed by atoms with Gasteiger partial charge in [-0.25, -0.2) is 0 Å². The van der Waals surface area contributed by atoms with Gasteiger partial charge in [-0.3, -0.25) is 4.79 Å². The minimum Gasteiger partial charge on any atom is -0.312 e. The molecule has 0 aliphatic rings. The summed E-state index contributed by atoms with van der Waals surface area (Å²) in [4.78, 5) is 14.4. The fourth-order valence-corrected chi connectivity index (χ4v) is 3.37. The summed E-state index contributed by atoms with van der Waals surface area (Å²) in [5.74, 6) is 0.298. The standard InChI is InChI=1S/C19H21N5OS/c1-4-23(16-8-6-5-7-9-16)18(25)13-26-19-20-21-22-24(19)17-11-10-14(2)15(3)12-17/h5-12H,4,13H2,1-3H3. The summed E-state index contributed by atoms with van der Waals surface area (Å²) < 4.78 is 1.67. The molecule has 0 fully saturated rings.